The standard InChI is InChI=1S/C25H28N2O4/c1-4-29-22-9-6-20(7-10-22)18(3)27-25(28)21-8-11-23(24(16-21)30-5-2)31-17-19-12-14-26-15-13-19/h6-16,18H,4-5,17H2,1-3H3,(H,27,28). The number of hydrogen-bond acceptors (Lipinski definition) is 5. The Morgan fingerprint density at radius 2 is 1.61 bits per heavy atom. The molecule has 0 spiro atoms. The highest BCUT2D eigenvalue weighted by Crippen LogP contribution is 2.29. The van der Waals surface area contributed by atoms with Crippen molar-refractivity contribution in [1.82, 2.24) is 10.3 Å². The summed E-state index contributed by atoms with van der Waals surface area (Å²) in [5.74, 6) is 1.77. The number of carbonyl (C=O) groups is 1. The quantitative estimate of drug-likeness (QED) is 0.503. The molecule has 1 atom stereocenters. The molecule has 1 unspecified atom stereocenters. The van der Waals surface area contributed by atoms with Crippen LogP contribution in [0.15, 0.2) is 67.0 Å². The summed E-state index contributed by atoms with van der Waals surface area (Å²) >= 11 is 0. The predicted molar refractivity (Wildman–Crippen MR) is 120 cm³/mol. The van der Waals surface area contributed by atoms with Gasteiger partial charge in [0.05, 0.1) is 19.3 Å². The van der Waals surface area contributed by atoms with E-state index in [2.05, 4.69) is 10.3 Å². The molecular weight excluding hydrogens is 392 g/mol. The van der Waals surface area contributed by atoms with Crippen molar-refractivity contribution in [2.75, 3.05) is 13.2 Å². The fourth-order valence-corrected chi connectivity index (χ4v) is 3.06. The van der Waals surface area contributed by atoms with Gasteiger partial charge in [-0.1, -0.05) is 12.1 Å². The van der Waals surface area contributed by atoms with Crippen molar-refractivity contribution in [3.8, 4) is 17.2 Å². The van der Waals surface area contributed by atoms with Gasteiger partial charge < -0.3 is 19.5 Å². The lowest BCUT2D eigenvalue weighted by Crippen LogP contribution is -2.26. The van der Waals surface area contributed by atoms with Crippen molar-refractivity contribution in [2.45, 2.75) is 33.4 Å². The lowest BCUT2D eigenvalue weighted by atomic mass is 10.1. The molecule has 2 aromatic carbocycles. The van der Waals surface area contributed by atoms with Crippen molar-refractivity contribution in [1.29, 1.82) is 0 Å². The topological polar surface area (TPSA) is 69.7 Å². The first-order chi connectivity index (χ1) is 15.1. The average Bonchev–Trinajstić information content (AvgIpc) is 2.79. The molecule has 0 radical (unpaired) electrons. The van der Waals surface area contributed by atoms with Crippen molar-refractivity contribution in [3.63, 3.8) is 0 Å². The number of pyridine rings is 1. The summed E-state index contributed by atoms with van der Waals surface area (Å²) in [7, 11) is 0. The number of benzene rings is 2. The van der Waals surface area contributed by atoms with Gasteiger partial charge in [-0.3, -0.25) is 9.78 Å². The zero-order valence-electron chi connectivity index (χ0n) is 18.1. The molecule has 1 amide bonds. The largest absolute Gasteiger partial charge is 0.494 e. The average molecular weight is 421 g/mol. The SMILES string of the molecule is CCOc1ccc(C(C)NC(=O)c2ccc(OCc3ccncc3)c(OCC)c2)cc1. The number of nitrogens with one attached hydrogen (secondary N) is 1. The summed E-state index contributed by atoms with van der Waals surface area (Å²) in [5.41, 5.74) is 2.51. The first-order valence-corrected chi connectivity index (χ1v) is 10.4. The monoisotopic (exact) mass is 420 g/mol. The van der Waals surface area contributed by atoms with Crippen molar-refractivity contribution in [2.24, 2.45) is 0 Å². The Kier molecular flexibility index (Phi) is 7.87. The Bertz CT molecular complexity index is 975. The van der Waals surface area contributed by atoms with Crippen molar-refractivity contribution in [3.05, 3.63) is 83.7 Å². The van der Waals surface area contributed by atoms with Crippen LogP contribution >= 0.6 is 0 Å². The maximum Gasteiger partial charge on any atom is 0.251 e. The minimum absolute atomic E-state index is 0.152. The molecule has 3 aromatic rings. The highest BCUT2D eigenvalue weighted by molar-refractivity contribution is 5.95. The maximum atomic E-state index is 12.8. The third-order valence-electron chi connectivity index (χ3n) is 4.69. The number of hydrogen-bond donors (Lipinski definition) is 1. The van der Waals surface area contributed by atoms with E-state index >= 15 is 0 Å². The van der Waals surface area contributed by atoms with Crippen LogP contribution in [0.4, 0.5) is 0 Å². The van der Waals surface area contributed by atoms with E-state index in [9.17, 15) is 4.79 Å². The molecule has 31 heavy (non-hydrogen) atoms. The van der Waals surface area contributed by atoms with Crippen molar-refractivity contribution < 1.29 is 19.0 Å². The zero-order valence-corrected chi connectivity index (χ0v) is 18.1. The first-order valence-electron chi connectivity index (χ1n) is 10.4. The number of ether oxygens (including phenoxy) is 3. The van der Waals surface area contributed by atoms with E-state index in [1.54, 1.807) is 30.6 Å². The minimum atomic E-state index is -0.178. The number of aromatic nitrogens is 1. The number of rotatable bonds is 10. The van der Waals surface area contributed by atoms with Gasteiger partial charge in [0, 0.05) is 18.0 Å². The normalized spacial score (nSPS) is 11.5. The fourth-order valence-electron chi connectivity index (χ4n) is 3.06. The van der Waals surface area contributed by atoms with Gasteiger partial charge in [0.25, 0.3) is 5.91 Å². The maximum absolute atomic E-state index is 12.8. The summed E-state index contributed by atoms with van der Waals surface area (Å²) < 4.78 is 17.1. The van der Waals surface area contributed by atoms with Gasteiger partial charge >= 0.3 is 0 Å². The molecule has 1 aromatic heterocycles. The third-order valence-corrected chi connectivity index (χ3v) is 4.69. The van der Waals surface area contributed by atoms with Gasteiger partial charge in [0.1, 0.15) is 12.4 Å². The summed E-state index contributed by atoms with van der Waals surface area (Å²) in [6, 6.07) is 16.6. The smallest absolute Gasteiger partial charge is 0.251 e. The molecule has 3 rings (SSSR count). The van der Waals surface area contributed by atoms with E-state index in [0.29, 0.717) is 36.9 Å². The second kappa shape index (κ2) is 11.0. The molecule has 0 aliphatic rings. The van der Waals surface area contributed by atoms with Crippen LogP contribution in [0.5, 0.6) is 17.2 Å². The van der Waals surface area contributed by atoms with Crippen LogP contribution in [0.2, 0.25) is 0 Å². The Balaban J connectivity index is 1.67. The number of amides is 1. The Labute approximate surface area is 183 Å². The van der Waals surface area contributed by atoms with E-state index in [4.69, 9.17) is 14.2 Å². The van der Waals surface area contributed by atoms with E-state index < -0.39 is 0 Å². The Morgan fingerprint density at radius 1 is 0.903 bits per heavy atom. The highest BCUT2D eigenvalue weighted by atomic mass is 16.5. The van der Waals surface area contributed by atoms with Gasteiger partial charge in [-0.25, -0.2) is 0 Å². The van der Waals surface area contributed by atoms with Gasteiger partial charge in [0.15, 0.2) is 11.5 Å². The van der Waals surface area contributed by atoms with Gasteiger partial charge in [0.2, 0.25) is 0 Å². The first kappa shape index (κ1) is 22.2. The molecule has 1 heterocycles. The van der Waals surface area contributed by atoms with E-state index in [0.717, 1.165) is 16.9 Å². The number of nitrogens with zero attached hydrogens (tertiary/aromatic N) is 1. The van der Waals surface area contributed by atoms with E-state index in [-0.39, 0.29) is 11.9 Å². The third kappa shape index (κ3) is 6.22. The van der Waals surface area contributed by atoms with Crippen LogP contribution in [-0.4, -0.2) is 24.1 Å². The van der Waals surface area contributed by atoms with Crippen LogP contribution < -0.4 is 19.5 Å². The zero-order chi connectivity index (χ0) is 22.1. The summed E-state index contributed by atoms with van der Waals surface area (Å²) in [6.07, 6.45) is 3.45. The summed E-state index contributed by atoms with van der Waals surface area (Å²) in [4.78, 5) is 16.8. The summed E-state index contributed by atoms with van der Waals surface area (Å²) in [5, 5.41) is 3.03. The Hall–Kier alpha value is -3.54. The highest BCUT2D eigenvalue weighted by Gasteiger charge is 2.15. The van der Waals surface area contributed by atoms with Crippen LogP contribution in [0.25, 0.3) is 0 Å². The number of carbonyl (C=O) groups excluding carboxylic acids is 1. The second-order valence-corrected chi connectivity index (χ2v) is 6.94. The van der Waals surface area contributed by atoms with Crippen LogP contribution in [0.1, 0.15) is 48.3 Å². The molecule has 6 heteroatoms. The lowest BCUT2D eigenvalue weighted by Gasteiger charge is -2.17. The van der Waals surface area contributed by atoms with Gasteiger partial charge in [-0.2, -0.15) is 0 Å². The van der Waals surface area contributed by atoms with Crippen LogP contribution in [0.3, 0.4) is 0 Å². The molecule has 0 aliphatic heterocycles. The minimum Gasteiger partial charge on any atom is -0.494 e. The van der Waals surface area contributed by atoms with Crippen LogP contribution in [0, 0.1) is 0 Å². The van der Waals surface area contributed by atoms with Crippen LogP contribution in [-0.2, 0) is 6.61 Å². The molecule has 0 bridgehead atoms. The fraction of sp³-hybridized carbons (Fsp3) is 0.280. The van der Waals surface area contributed by atoms with Gasteiger partial charge in [-0.15, -0.1) is 0 Å². The molecule has 0 saturated heterocycles. The van der Waals surface area contributed by atoms with Crippen molar-refractivity contribution >= 4 is 5.91 Å². The molecule has 1 N–H and O–H groups in total. The van der Waals surface area contributed by atoms with E-state index in [1.165, 1.54) is 0 Å². The molecule has 0 aliphatic carbocycles. The second-order valence-electron chi connectivity index (χ2n) is 6.94. The van der Waals surface area contributed by atoms with E-state index in [1.807, 2.05) is 57.2 Å². The van der Waals surface area contributed by atoms with Gasteiger partial charge in [-0.05, 0) is 74.4 Å². The molecule has 162 valence electrons. The summed E-state index contributed by atoms with van der Waals surface area (Å²) in [6.45, 7) is 7.28. The Morgan fingerprint density at radius 3 is 2.29 bits per heavy atom. The molecule has 6 nitrogen and oxygen atoms in total. The molecule has 0 fully saturated rings. The molecular formula is C25H28N2O4. The predicted octanol–water partition coefficient (Wildman–Crippen LogP) is 4.95. The lowest BCUT2D eigenvalue weighted by molar-refractivity contribution is 0.0939. The molecule has 0 saturated carbocycles.